The number of hydrogen-bond acceptors (Lipinski definition) is 4. The number of nitrogens with one attached hydrogen (secondary N) is 1. The number of methoxy groups -OCH3 is 1. The Labute approximate surface area is 143 Å². The van der Waals surface area contributed by atoms with E-state index in [2.05, 4.69) is 5.32 Å². The van der Waals surface area contributed by atoms with Gasteiger partial charge in [-0.3, -0.25) is 9.59 Å². The first-order valence-electron chi connectivity index (χ1n) is 8.27. The first kappa shape index (κ1) is 18.2. The standard InChI is InChI=1S/C19H25NO4/c1-4-24-17-11-15(10-16(12-17)19(22)23-3)18(20-13(2)21)14-8-6-5-7-9-14/h5-9,11,16-18H,4,10,12H2,1-3H3,(H,20,21)/t16-,17-,18+/m1/s1. The van der Waals surface area contributed by atoms with Gasteiger partial charge in [0.25, 0.3) is 0 Å². The number of carbonyl (C=O) groups is 2. The van der Waals surface area contributed by atoms with Crippen molar-refractivity contribution in [2.45, 2.75) is 38.8 Å². The Morgan fingerprint density at radius 2 is 2.00 bits per heavy atom. The molecule has 1 aromatic rings. The minimum atomic E-state index is -0.265. The van der Waals surface area contributed by atoms with E-state index in [0.29, 0.717) is 19.4 Å². The Morgan fingerprint density at radius 1 is 1.29 bits per heavy atom. The number of amides is 1. The molecule has 0 unspecified atom stereocenters. The fraction of sp³-hybridized carbons (Fsp3) is 0.474. The average molecular weight is 331 g/mol. The summed E-state index contributed by atoms with van der Waals surface area (Å²) in [6.07, 6.45) is 3.04. The topological polar surface area (TPSA) is 64.6 Å². The molecule has 5 heteroatoms. The summed E-state index contributed by atoms with van der Waals surface area (Å²) < 4.78 is 10.7. The lowest BCUT2D eigenvalue weighted by Gasteiger charge is -2.31. The van der Waals surface area contributed by atoms with E-state index in [1.807, 2.05) is 43.3 Å². The maximum Gasteiger partial charge on any atom is 0.309 e. The van der Waals surface area contributed by atoms with Gasteiger partial charge in [-0.05, 0) is 30.9 Å². The summed E-state index contributed by atoms with van der Waals surface area (Å²) in [5.41, 5.74) is 1.97. The Morgan fingerprint density at radius 3 is 2.58 bits per heavy atom. The molecule has 0 fully saturated rings. The molecular formula is C19H25NO4. The largest absolute Gasteiger partial charge is 0.469 e. The first-order chi connectivity index (χ1) is 11.5. The summed E-state index contributed by atoms with van der Waals surface area (Å²) in [6.45, 7) is 3.99. The molecule has 0 aliphatic heterocycles. The van der Waals surface area contributed by atoms with Gasteiger partial charge in [0, 0.05) is 13.5 Å². The molecule has 0 bridgehead atoms. The van der Waals surface area contributed by atoms with E-state index in [-0.39, 0.29) is 29.9 Å². The van der Waals surface area contributed by atoms with Gasteiger partial charge in [0.2, 0.25) is 5.91 Å². The number of benzene rings is 1. The second-order valence-corrected chi connectivity index (χ2v) is 5.94. The quantitative estimate of drug-likeness (QED) is 0.643. The van der Waals surface area contributed by atoms with Crippen molar-refractivity contribution in [1.82, 2.24) is 5.32 Å². The molecule has 0 heterocycles. The maximum atomic E-state index is 12.1. The van der Waals surface area contributed by atoms with Gasteiger partial charge in [-0.15, -0.1) is 0 Å². The molecule has 1 aromatic carbocycles. The van der Waals surface area contributed by atoms with Crippen molar-refractivity contribution < 1.29 is 19.1 Å². The predicted octanol–water partition coefficient (Wildman–Crippen LogP) is 2.78. The molecule has 2 rings (SSSR count). The molecule has 3 atom stereocenters. The number of hydrogen-bond donors (Lipinski definition) is 1. The van der Waals surface area contributed by atoms with Crippen LogP contribution in [0.1, 0.15) is 38.3 Å². The van der Waals surface area contributed by atoms with Crippen molar-refractivity contribution >= 4 is 11.9 Å². The molecular weight excluding hydrogens is 306 g/mol. The molecule has 1 aliphatic rings. The van der Waals surface area contributed by atoms with Gasteiger partial charge in [-0.25, -0.2) is 0 Å². The Kier molecular flexibility index (Phi) is 6.55. The highest BCUT2D eigenvalue weighted by molar-refractivity contribution is 5.75. The average Bonchev–Trinajstić information content (AvgIpc) is 2.59. The Balaban J connectivity index is 2.34. The van der Waals surface area contributed by atoms with Crippen LogP contribution >= 0.6 is 0 Å². The summed E-state index contributed by atoms with van der Waals surface area (Å²) in [7, 11) is 1.40. The van der Waals surface area contributed by atoms with Gasteiger partial charge < -0.3 is 14.8 Å². The Hall–Kier alpha value is -2.14. The zero-order valence-electron chi connectivity index (χ0n) is 14.5. The maximum absolute atomic E-state index is 12.1. The first-order valence-corrected chi connectivity index (χ1v) is 8.27. The SMILES string of the molecule is CCO[C@@H]1C=C([C@@H](NC(C)=O)c2ccccc2)C[C@@H](C(=O)OC)C1. The molecule has 24 heavy (non-hydrogen) atoms. The minimum absolute atomic E-state index is 0.113. The van der Waals surface area contributed by atoms with Crippen LogP contribution in [0.5, 0.6) is 0 Å². The molecule has 0 saturated heterocycles. The van der Waals surface area contributed by atoms with Crippen LogP contribution in [-0.4, -0.2) is 31.7 Å². The molecule has 0 aromatic heterocycles. The van der Waals surface area contributed by atoms with Crippen LogP contribution in [0.3, 0.4) is 0 Å². The zero-order chi connectivity index (χ0) is 17.5. The number of rotatable bonds is 6. The second-order valence-electron chi connectivity index (χ2n) is 5.94. The van der Waals surface area contributed by atoms with E-state index in [1.54, 1.807) is 0 Å². The van der Waals surface area contributed by atoms with E-state index in [0.717, 1.165) is 11.1 Å². The van der Waals surface area contributed by atoms with Crippen molar-refractivity contribution in [1.29, 1.82) is 0 Å². The highest BCUT2D eigenvalue weighted by atomic mass is 16.5. The van der Waals surface area contributed by atoms with E-state index >= 15 is 0 Å². The normalized spacial score (nSPS) is 21.5. The van der Waals surface area contributed by atoms with Crippen LogP contribution in [-0.2, 0) is 19.1 Å². The fourth-order valence-electron chi connectivity index (χ4n) is 3.15. The highest BCUT2D eigenvalue weighted by Crippen LogP contribution is 2.34. The summed E-state index contributed by atoms with van der Waals surface area (Å²) in [4.78, 5) is 23.7. The third kappa shape index (κ3) is 4.68. The highest BCUT2D eigenvalue weighted by Gasteiger charge is 2.32. The van der Waals surface area contributed by atoms with Crippen molar-refractivity contribution in [2.75, 3.05) is 13.7 Å². The summed E-state index contributed by atoms with van der Waals surface area (Å²) >= 11 is 0. The fourth-order valence-corrected chi connectivity index (χ4v) is 3.15. The van der Waals surface area contributed by atoms with Crippen molar-refractivity contribution in [3.05, 3.63) is 47.5 Å². The molecule has 0 saturated carbocycles. The molecule has 5 nitrogen and oxygen atoms in total. The second kappa shape index (κ2) is 8.64. The van der Waals surface area contributed by atoms with E-state index < -0.39 is 0 Å². The zero-order valence-corrected chi connectivity index (χ0v) is 14.5. The smallest absolute Gasteiger partial charge is 0.309 e. The van der Waals surface area contributed by atoms with Crippen LogP contribution < -0.4 is 5.32 Å². The van der Waals surface area contributed by atoms with Gasteiger partial charge in [0.1, 0.15) is 0 Å². The van der Waals surface area contributed by atoms with E-state index in [1.165, 1.54) is 14.0 Å². The molecule has 0 radical (unpaired) electrons. The van der Waals surface area contributed by atoms with Crippen LogP contribution in [0, 0.1) is 5.92 Å². The van der Waals surface area contributed by atoms with Crippen LogP contribution in [0.15, 0.2) is 42.0 Å². The van der Waals surface area contributed by atoms with Crippen molar-refractivity contribution in [3.63, 3.8) is 0 Å². The summed E-state index contributed by atoms with van der Waals surface area (Å²) in [5, 5.41) is 2.99. The van der Waals surface area contributed by atoms with Crippen molar-refractivity contribution in [2.24, 2.45) is 5.92 Å². The van der Waals surface area contributed by atoms with Gasteiger partial charge in [0.15, 0.2) is 0 Å². The lowest BCUT2D eigenvalue weighted by atomic mass is 9.82. The molecule has 1 amide bonds. The van der Waals surface area contributed by atoms with Crippen molar-refractivity contribution in [3.8, 4) is 0 Å². The van der Waals surface area contributed by atoms with Gasteiger partial charge in [-0.2, -0.15) is 0 Å². The third-order valence-corrected chi connectivity index (χ3v) is 4.17. The number of ether oxygens (including phenoxy) is 2. The summed E-state index contributed by atoms with van der Waals surface area (Å²) in [6, 6.07) is 9.48. The van der Waals surface area contributed by atoms with Crippen LogP contribution in [0.4, 0.5) is 0 Å². The van der Waals surface area contributed by atoms with E-state index in [9.17, 15) is 9.59 Å². The van der Waals surface area contributed by atoms with E-state index in [4.69, 9.17) is 9.47 Å². The lowest BCUT2D eigenvalue weighted by molar-refractivity contribution is -0.146. The number of carbonyl (C=O) groups excluding carboxylic acids is 2. The monoisotopic (exact) mass is 331 g/mol. The van der Waals surface area contributed by atoms with Gasteiger partial charge >= 0.3 is 5.97 Å². The van der Waals surface area contributed by atoms with Crippen LogP contribution in [0.2, 0.25) is 0 Å². The summed E-state index contributed by atoms with van der Waals surface area (Å²) in [5.74, 6) is -0.607. The molecule has 130 valence electrons. The van der Waals surface area contributed by atoms with Crippen LogP contribution in [0.25, 0.3) is 0 Å². The predicted molar refractivity (Wildman–Crippen MR) is 91.2 cm³/mol. The molecule has 1 aliphatic carbocycles. The Bertz CT molecular complexity index is 597. The number of esters is 1. The third-order valence-electron chi connectivity index (χ3n) is 4.17. The molecule has 1 N–H and O–H groups in total. The van der Waals surface area contributed by atoms with Gasteiger partial charge in [0.05, 0.1) is 25.2 Å². The minimum Gasteiger partial charge on any atom is -0.469 e. The van der Waals surface area contributed by atoms with Gasteiger partial charge in [-0.1, -0.05) is 36.4 Å². The lowest BCUT2D eigenvalue weighted by Crippen LogP contribution is -2.34. The molecule has 0 spiro atoms.